The molecule has 2 rings (SSSR count). The lowest BCUT2D eigenvalue weighted by Crippen LogP contribution is -2.61. The largest absolute Gasteiger partial charge is 0.331 e. The van der Waals surface area contributed by atoms with Gasteiger partial charge in [0.05, 0.1) is 6.26 Å². The molecule has 0 aromatic carbocycles. The lowest BCUT2D eigenvalue weighted by atomic mass is 9.79. The van der Waals surface area contributed by atoms with Crippen LogP contribution in [0.15, 0.2) is 0 Å². The highest BCUT2D eigenvalue weighted by molar-refractivity contribution is 7.88. The van der Waals surface area contributed by atoms with Crippen LogP contribution in [0.2, 0.25) is 0 Å². The van der Waals surface area contributed by atoms with E-state index in [1.54, 1.807) is 23.9 Å². The highest BCUT2D eigenvalue weighted by Gasteiger charge is 2.51. The molecule has 0 aromatic rings. The lowest BCUT2D eigenvalue weighted by molar-refractivity contribution is 0.0331. The maximum absolute atomic E-state index is 11.7. The van der Waals surface area contributed by atoms with Crippen molar-refractivity contribution >= 4 is 16.1 Å². The summed E-state index contributed by atoms with van der Waals surface area (Å²) < 4.78 is 24.4. The Kier molecular flexibility index (Phi) is 2.86. The Morgan fingerprint density at radius 2 is 1.82 bits per heavy atom. The van der Waals surface area contributed by atoms with Crippen molar-refractivity contribution < 1.29 is 13.2 Å². The predicted octanol–water partition coefficient (Wildman–Crippen LogP) is -0.365. The summed E-state index contributed by atoms with van der Waals surface area (Å²) >= 11 is 0. The minimum absolute atomic E-state index is 0.00781. The van der Waals surface area contributed by atoms with Crippen molar-refractivity contribution in [2.24, 2.45) is 5.41 Å². The molecule has 0 bridgehead atoms. The van der Waals surface area contributed by atoms with Crippen LogP contribution >= 0.6 is 0 Å². The summed E-state index contributed by atoms with van der Waals surface area (Å²) in [6.45, 7) is 2.50. The molecule has 2 amide bonds. The number of rotatable bonds is 1. The van der Waals surface area contributed by atoms with E-state index < -0.39 is 10.0 Å². The number of carbonyl (C=O) groups is 1. The maximum atomic E-state index is 11.7. The van der Waals surface area contributed by atoms with Crippen molar-refractivity contribution in [3.63, 3.8) is 0 Å². The average Bonchev–Trinajstić information content (AvgIpc) is 2.57. The molecule has 0 unspecified atom stereocenters. The van der Waals surface area contributed by atoms with Crippen molar-refractivity contribution in [2.75, 3.05) is 46.5 Å². The molecule has 2 fully saturated rings. The molecule has 2 saturated heterocycles. The van der Waals surface area contributed by atoms with Crippen LogP contribution in [0.5, 0.6) is 0 Å². The fourth-order valence-electron chi connectivity index (χ4n) is 2.62. The molecule has 0 radical (unpaired) electrons. The van der Waals surface area contributed by atoms with Crippen molar-refractivity contribution in [2.45, 2.75) is 6.42 Å². The highest BCUT2D eigenvalue weighted by Crippen LogP contribution is 2.40. The summed E-state index contributed by atoms with van der Waals surface area (Å²) in [5, 5.41) is 0. The zero-order valence-corrected chi connectivity index (χ0v) is 11.3. The third-order valence-electron chi connectivity index (χ3n) is 3.58. The van der Waals surface area contributed by atoms with Gasteiger partial charge in [-0.1, -0.05) is 0 Å². The summed E-state index contributed by atoms with van der Waals surface area (Å²) in [4.78, 5) is 15.0. The third-order valence-corrected chi connectivity index (χ3v) is 4.83. The summed E-state index contributed by atoms with van der Waals surface area (Å²) in [6, 6.07) is 0.00781. The van der Waals surface area contributed by atoms with Crippen molar-refractivity contribution in [3.8, 4) is 0 Å². The maximum Gasteiger partial charge on any atom is 0.319 e. The van der Waals surface area contributed by atoms with E-state index >= 15 is 0 Å². The minimum atomic E-state index is -3.08. The van der Waals surface area contributed by atoms with Crippen LogP contribution < -0.4 is 0 Å². The van der Waals surface area contributed by atoms with Gasteiger partial charge in [0.25, 0.3) is 0 Å². The molecule has 1 spiro atoms. The van der Waals surface area contributed by atoms with Crippen LogP contribution in [0.4, 0.5) is 4.79 Å². The molecule has 7 heteroatoms. The molecule has 0 aromatic heterocycles. The Balaban J connectivity index is 1.94. The van der Waals surface area contributed by atoms with Crippen LogP contribution in [0.3, 0.4) is 0 Å². The molecule has 2 aliphatic rings. The van der Waals surface area contributed by atoms with Gasteiger partial charge < -0.3 is 9.80 Å². The first kappa shape index (κ1) is 12.6. The molecule has 98 valence electrons. The first-order valence-electron chi connectivity index (χ1n) is 5.65. The smallest absolute Gasteiger partial charge is 0.319 e. The second kappa shape index (κ2) is 3.84. The number of nitrogens with zero attached hydrogens (tertiary/aromatic N) is 3. The molecule has 2 aliphatic heterocycles. The van der Waals surface area contributed by atoms with Gasteiger partial charge in [-0.2, -0.15) is 0 Å². The van der Waals surface area contributed by atoms with Crippen LogP contribution in [-0.2, 0) is 10.0 Å². The SMILES string of the molecule is CN(C)C(=O)N1CC2(CCN(S(C)(=O)=O)C2)C1. The fourth-order valence-corrected chi connectivity index (χ4v) is 3.55. The van der Waals surface area contributed by atoms with Crippen LogP contribution in [0, 0.1) is 5.41 Å². The van der Waals surface area contributed by atoms with E-state index in [1.165, 1.54) is 10.6 Å². The monoisotopic (exact) mass is 261 g/mol. The first-order chi connectivity index (χ1) is 7.73. The van der Waals surface area contributed by atoms with Crippen LogP contribution in [-0.4, -0.2) is 75.1 Å². The van der Waals surface area contributed by atoms with E-state index in [4.69, 9.17) is 0 Å². The highest BCUT2D eigenvalue weighted by atomic mass is 32.2. The Bertz CT molecular complexity index is 426. The quantitative estimate of drug-likeness (QED) is 0.647. The van der Waals surface area contributed by atoms with Gasteiger partial charge in [0.1, 0.15) is 0 Å². The zero-order valence-electron chi connectivity index (χ0n) is 10.5. The first-order valence-corrected chi connectivity index (χ1v) is 7.50. The molecule has 6 nitrogen and oxygen atoms in total. The van der Waals surface area contributed by atoms with Gasteiger partial charge in [-0.15, -0.1) is 0 Å². The van der Waals surface area contributed by atoms with Gasteiger partial charge in [-0.3, -0.25) is 0 Å². The van der Waals surface area contributed by atoms with Gasteiger partial charge in [0.15, 0.2) is 0 Å². The number of amides is 2. The molecule has 0 atom stereocenters. The lowest BCUT2D eigenvalue weighted by Gasteiger charge is -2.48. The topological polar surface area (TPSA) is 60.9 Å². The molecule has 17 heavy (non-hydrogen) atoms. The number of carbonyl (C=O) groups excluding carboxylic acids is 1. The summed E-state index contributed by atoms with van der Waals surface area (Å²) in [7, 11) is 0.370. The second-order valence-electron chi connectivity index (χ2n) is 5.38. The Morgan fingerprint density at radius 1 is 1.24 bits per heavy atom. The number of urea groups is 1. The van der Waals surface area contributed by atoms with E-state index in [0.717, 1.165) is 6.42 Å². The van der Waals surface area contributed by atoms with Crippen LogP contribution in [0.25, 0.3) is 0 Å². The Morgan fingerprint density at radius 3 is 2.24 bits per heavy atom. The van der Waals surface area contributed by atoms with Gasteiger partial charge >= 0.3 is 6.03 Å². The van der Waals surface area contributed by atoms with E-state index in [1.807, 2.05) is 0 Å². The predicted molar refractivity (Wildman–Crippen MR) is 64.1 cm³/mol. The standard InChI is InChI=1S/C10H19N3O3S/c1-11(2)9(14)12-6-10(7-12)4-5-13(8-10)17(3,15)16/h4-8H2,1-3H3. The molecule has 0 aliphatic carbocycles. The van der Waals surface area contributed by atoms with Gasteiger partial charge in [-0.05, 0) is 6.42 Å². The van der Waals surface area contributed by atoms with Crippen molar-refractivity contribution in [1.29, 1.82) is 0 Å². The average molecular weight is 261 g/mol. The van der Waals surface area contributed by atoms with Crippen LogP contribution in [0.1, 0.15) is 6.42 Å². The molecular formula is C10H19N3O3S. The number of sulfonamides is 1. The normalized spacial score (nSPS) is 23.8. The molecule has 0 N–H and O–H groups in total. The second-order valence-corrected chi connectivity index (χ2v) is 7.36. The zero-order chi connectivity index (χ0) is 12.8. The third kappa shape index (κ3) is 2.26. The van der Waals surface area contributed by atoms with Gasteiger partial charge in [-0.25, -0.2) is 17.5 Å². The number of likely N-dealkylation sites (tertiary alicyclic amines) is 1. The molecule has 0 saturated carbocycles. The number of hydrogen-bond donors (Lipinski definition) is 0. The van der Waals surface area contributed by atoms with Gasteiger partial charge in [0, 0.05) is 45.7 Å². The number of hydrogen-bond acceptors (Lipinski definition) is 3. The van der Waals surface area contributed by atoms with E-state index in [0.29, 0.717) is 26.2 Å². The Hall–Kier alpha value is -0.820. The van der Waals surface area contributed by atoms with E-state index in [9.17, 15) is 13.2 Å². The molecule has 2 heterocycles. The van der Waals surface area contributed by atoms with Crippen molar-refractivity contribution in [1.82, 2.24) is 14.1 Å². The summed E-state index contributed by atoms with van der Waals surface area (Å²) in [6.07, 6.45) is 2.10. The van der Waals surface area contributed by atoms with Crippen molar-refractivity contribution in [3.05, 3.63) is 0 Å². The van der Waals surface area contributed by atoms with Gasteiger partial charge in [0.2, 0.25) is 10.0 Å². The summed E-state index contributed by atoms with van der Waals surface area (Å²) in [5.41, 5.74) is 0.00868. The van der Waals surface area contributed by atoms with E-state index in [2.05, 4.69) is 0 Å². The fraction of sp³-hybridized carbons (Fsp3) is 0.900. The molecular weight excluding hydrogens is 242 g/mol. The van der Waals surface area contributed by atoms with E-state index in [-0.39, 0.29) is 11.4 Å². The summed E-state index contributed by atoms with van der Waals surface area (Å²) in [5.74, 6) is 0. The Labute approximate surface area is 102 Å². The minimum Gasteiger partial charge on any atom is -0.331 e.